The van der Waals surface area contributed by atoms with Crippen molar-refractivity contribution in [3.8, 4) is 16.5 Å². The van der Waals surface area contributed by atoms with Gasteiger partial charge in [0.15, 0.2) is 11.5 Å². The predicted molar refractivity (Wildman–Crippen MR) is 90.2 cm³/mol. The number of H-pyrrole nitrogens is 1. The van der Waals surface area contributed by atoms with Crippen LogP contribution >= 0.6 is 11.3 Å². The lowest BCUT2D eigenvalue weighted by Crippen LogP contribution is -2.26. The summed E-state index contributed by atoms with van der Waals surface area (Å²) in [5, 5.41) is 13.9. The number of rotatable bonds is 4. The average Bonchev–Trinajstić information content (AvgIpc) is 3.16. The van der Waals surface area contributed by atoms with Crippen molar-refractivity contribution in [1.82, 2.24) is 20.3 Å². The molecule has 0 fully saturated rings. The first-order valence-electron chi connectivity index (χ1n) is 7.43. The van der Waals surface area contributed by atoms with E-state index in [0.717, 1.165) is 18.3 Å². The van der Waals surface area contributed by atoms with Crippen LogP contribution < -0.4 is 10.9 Å². The van der Waals surface area contributed by atoms with Gasteiger partial charge in [-0.15, -0.1) is 11.3 Å². The summed E-state index contributed by atoms with van der Waals surface area (Å²) in [6.07, 6.45) is -3.58. The Morgan fingerprint density at radius 2 is 2.07 bits per heavy atom. The molecule has 3 N–H and O–H groups in total. The van der Waals surface area contributed by atoms with Crippen molar-refractivity contribution in [3.05, 3.63) is 63.1 Å². The summed E-state index contributed by atoms with van der Waals surface area (Å²) in [6, 6.07) is 5.36. The fraction of sp³-hybridized carbons (Fsp3) is 0.125. The molecular formula is C16H11F3N4O3S. The molecule has 1 amide bonds. The maximum absolute atomic E-state index is 12.5. The maximum Gasteiger partial charge on any atom is 0.433 e. The topological polar surface area (TPSA) is 108 Å². The number of aromatic hydroxyl groups is 1. The van der Waals surface area contributed by atoms with E-state index in [0.29, 0.717) is 10.4 Å². The largest absolute Gasteiger partial charge is 0.501 e. The molecule has 0 radical (unpaired) electrons. The smallest absolute Gasteiger partial charge is 0.433 e. The third-order valence-corrected chi connectivity index (χ3v) is 4.31. The lowest BCUT2D eigenvalue weighted by atomic mass is 10.2. The Labute approximate surface area is 153 Å². The molecule has 0 bridgehead atoms. The van der Waals surface area contributed by atoms with Crippen LogP contribution in [0.3, 0.4) is 0 Å². The number of aromatic amines is 1. The quantitative estimate of drug-likeness (QED) is 0.628. The number of carbonyl (C=O) groups is 1. The van der Waals surface area contributed by atoms with Gasteiger partial charge in [-0.1, -0.05) is 12.1 Å². The number of carbonyl (C=O) groups excluding carboxylic acids is 1. The molecule has 7 nitrogen and oxygen atoms in total. The Kier molecular flexibility index (Phi) is 4.95. The van der Waals surface area contributed by atoms with Gasteiger partial charge in [-0.05, 0) is 23.1 Å². The number of hydrogen-bond acceptors (Lipinski definition) is 6. The van der Waals surface area contributed by atoms with E-state index in [4.69, 9.17) is 0 Å². The van der Waals surface area contributed by atoms with E-state index < -0.39 is 34.8 Å². The minimum absolute atomic E-state index is 0.120. The number of halogens is 3. The highest BCUT2D eigenvalue weighted by Crippen LogP contribution is 2.27. The molecule has 0 aromatic carbocycles. The van der Waals surface area contributed by atoms with E-state index in [1.807, 2.05) is 0 Å². The van der Waals surface area contributed by atoms with E-state index in [9.17, 15) is 27.9 Å². The van der Waals surface area contributed by atoms with Gasteiger partial charge < -0.3 is 15.4 Å². The third kappa shape index (κ3) is 4.14. The van der Waals surface area contributed by atoms with Crippen LogP contribution in [0.5, 0.6) is 5.75 Å². The van der Waals surface area contributed by atoms with Crippen LogP contribution in [-0.4, -0.2) is 26.0 Å². The molecule has 27 heavy (non-hydrogen) atoms. The Balaban J connectivity index is 1.77. The molecule has 0 aliphatic rings. The van der Waals surface area contributed by atoms with E-state index in [2.05, 4.69) is 20.3 Å². The number of hydrogen-bond donors (Lipinski definition) is 3. The molecule has 0 atom stereocenters. The van der Waals surface area contributed by atoms with E-state index in [-0.39, 0.29) is 12.4 Å². The lowest BCUT2D eigenvalue weighted by Gasteiger charge is -2.09. The highest BCUT2D eigenvalue weighted by atomic mass is 32.1. The van der Waals surface area contributed by atoms with Crippen LogP contribution in [-0.2, 0) is 12.7 Å². The van der Waals surface area contributed by atoms with Crippen molar-refractivity contribution in [2.24, 2.45) is 0 Å². The molecular weight excluding hydrogens is 385 g/mol. The Hall–Kier alpha value is -3.21. The molecule has 3 aromatic heterocycles. The summed E-state index contributed by atoms with van der Waals surface area (Å²) in [6.45, 7) is -0.160. The molecule has 140 valence electrons. The molecule has 0 saturated heterocycles. The SMILES string of the molecule is O=C(NCc1ccc(C(F)(F)F)nc1)c1nc(-c2cccs2)[nH]c(=O)c1O. The normalized spacial score (nSPS) is 11.4. The first-order chi connectivity index (χ1) is 12.8. The van der Waals surface area contributed by atoms with Gasteiger partial charge in [0, 0.05) is 12.7 Å². The van der Waals surface area contributed by atoms with Crippen LogP contribution in [0.2, 0.25) is 0 Å². The van der Waals surface area contributed by atoms with Crippen molar-refractivity contribution < 1.29 is 23.1 Å². The van der Waals surface area contributed by atoms with E-state index >= 15 is 0 Å². The molecule has 0 aliphatic heterocycles. The minimum Gasteiger partial charge on any atom is -0.501 e. The highest BCUT2D eigenvalue weighted by molar-refractivity contribution is 7.13. The third-order valence-electron chi connectivity index (χ3n) is 3.43. The van der Waals surface area contributed by atoms with Gasteiger partial charge in [-0.2, -0.15) is 13.2 Å². The second kappa shape index (κ2) is 7.19. The molecule has 0 spiro atoms. The Bertz CT molecular complexity index is 1010. The fourth-order valence-corrected chi connectivity index (χ4v) is 2.79. The molecule has 11 heteroatoms. The van der Waals surface area contributed by atoms with Gasteiger partial charge in [-0.3, -0.25) is 14.6 Å². The molecule has 3 heterocycles. The number of thiophene rings is 1. The van der Waals surface area contributed by atoms with Crippen molar-refractivity contribution in [2.75, 3.05) is 0 Å². The maximum atomic E-state index is 12.5. The van der Waals surface area contributed by atoms with Crippen LogP contribution in [0.1, 0.15) is 21.7 Å². The molecule has 3 aromatic rings. The van der Waals surface area contributed by atoms with Crippen molar-refractivity contribution in [3.63, 3.8) is 0 Å². The second-order valence-electron chi connectivity index (χ2n) is 5.32. The molecule has 0 unspecified atom stereocenters. The average molecular weight is 396 g/mol. The zero-order chi connectivity index (χ0) is 19.6. The number of alkyl halides is 3. The summed E-state index contributed by atoms with van der Waals surface area (Å²) < 4.78 is 37.5. The highest BCUT2D eigenvalue weighted by Gasteiger charge is 2.32. The summed E-state index contributed by atoms with van der Waals surface area (Å²) in [5.41, 5.74) is -2.11. The number of pyridine rings is 1. The zero-order valence-corrected chi connectivity index (χ0v) is 14.2. The monoisotopic (exact) mass is 396 g/mol. The fourth-order valence-electron chi connectivity index (χ4n) is 2.12. The molecule has 0 aliphatic carbocycles. The van der Waals surface area contributed by atoms with Crippen molar-refractivity contribution in [2.45, 2.75) is 12.7 Å². The number of aromatic nitrogens is 3. The van der Waals surface area contributed by atoms with Gasteiger partial charge in [0.25, 0.3) is 11.5 Å². The minimum atomic E-state index is -4.55. The zero-order valence-electron chi connectivity index (χ0n) is 13.4. The van der Waals surface area contributed by atoms with Crippen LogP contribution in [0, 0.1) is 0 Å². The summed E-state index contributed by atoms with van der Waals surface area (Å²) in [4.78, 5) is 34.3. The van der Waals surface area contributed by atoms with Gasteiger partial charge in [-0.25, -0.2) is 4.98 Å². The number of amides is 1. The summed E-state index contributed by atoms with van der Waals surface area (Å²) in [7, 11) is 0. The van der Waals surface area contributed by atoms with Crippen LogP contribution in [0.15, 0.2) is 40.6 Å². The predicted octanol–water partition coefficient (Wildman–Crippen LogP) is 2.55. The number of nitrogens with zero attached hydrogens (tertiary/aromatic N) is 2. The van der Waals surface area contributed by atoms with E-state index in [1.54, 1.807) is 17.5 Å². The van der Waals surface area contributed by atoms with Crippen LogP contribution in [0.25, 0.3) is 10.7 Å². The Morgan fingerprint density at radius 1 is 1.30 bits per heavy atom. The van der Waals surface area contributed by atoms with Crippen molar-refractivity contribution in [1.29, 1.82) is 0 Å². The molecule has 0 saturated carbocycles. The second-order valence-corrected chi connectivity index (χ2v) is 6.27. The van der Waals surface area contributed by atoms with Gasteiger partial charge >= 0.3 is 6.18 Å². The lowest BCUT2D eigenvalue weighted by molar-refractivity contribution is -0.141. The standard InChI is InChI=1S/C16H11F3N4O3S/c17-16(18,19)10-4-3-8(6-20-10)7-21-14(25)11-12(24)15(26)23-13(22-11)9-2-1-5-27-9/h1-6,24H,7H2,(H,21,25)(H,22,23,26). The molecule has 3 rings (SSSR count). The van der Waals surface area contributed by atoms with Gasteiger partial charge in [0.05, 0.1) is 4.88 Å². The van der Waals surface area contributed by atoms with Gasteiger partial charge in [0.1, 0.15) is 5.69 Å². The van der Waals surface area contributed by atoms with E-state index in [1.165, 1.54) is 11.3 Å². The van der Waals surface area contributed by atoms with Crippen molar-refractivity contribution >= 4 is 17.2 Å². The van der Waals surface area contributed by atoms with Gasteiger partial charge in [0.2, 0.25) is 5.75 Å². The summed E-state index contributed by atoms with van der Waals surface area (Å²) >= 11 is 1.28. The Morgan fingerprint density at radius 3 is 2.67 bits per heavy atom. The first kappa shape index (κ1) is 18.6. The van der Waals surface area contributed by atoms with Crippen LogP contribution in [0.4, 0.5) is 13.2 Å². The summed E-state index contributed by atoms with van der Waals surface area (Å²) in [5.74, 6) is -1.58. The first-order valence-corrected chi connectivity index (χ1v) is 8.31. The number of nitrogens with one attached hydrogen (secondary N) is 2.